The van der Waals surface area contributed by atoms with Crippen molar-refractivity contribution in [2.24, 2.45) is 0 Å². The van der Waals surface area contributed by atoms with Crippen LogP contribution in [-0.2, 0) is 9.53 Å². The molecule has 4 rings (SSSR count). The lowest BCUT2D eigenvalue weighted by Crippen LogP contribution is -2.54. The van der Waals surface area contributed by atoms with Gasteiger partial charge in [0.15, 0.2) is 0 Å². The van der Waals surface area contributed by atoms with Gasteiger partial charge in [0, 0.05) is 61.8 Å². The minimum absolute atomic E-state index is 0.0685. The molecule has 0 saturated carbocycles. The van der Waals surface area contributed by atoms with Crippen molar-refractivity contribution < 1.29 is 14.3 Å². The number of unbranched alkanes of at least 4 members (excludes halogenated alkanes) is 5. The molecule has 3 N–H and O–H groups in total. The molecule has 2 saturated heterocycles. The quantitative estimate of drug-likeness (QED) is 0.212. The number of carbonyl (C=O) groups excluding carboxylic acids is 2. The van der Waals surface area contributed by atoms with E-state index in [2.05, 4.69) is 42.6 Å². The number of amides is 2. The molecular weight excluding hydrogens is 586 g/mol. The fourth-order valence-corrected chi connectivity index (χ4v) is 6.46. The van der Waals surface area contributed by atoms with E-state index in [1.54, 1.807) is 6.20 Å². The topological polar surface area (TPSA) is 112 Å². The molecule has 0 unspecified atom stereocenters. The van der Waals surface area contributed by atoms with E-state index >= 15 is 0 Å². The molecule has 2 aromatic rings. The van der Waals surface area contributed by atoms with Gasteiger partial charge in [-0.1, -0.05) is 43.5 Å². The number of hydrogen-bond donors (Lipinski definition) is 3. The van der Waals surface area contributed by atoms with Crippen LogP contribution in [0.1, 0.15) is 85.5 Å². The van der Waals surface area contributed by atoms with Gasteiger partial charge >= 0.3 is 6.09 Å². The van der Waals surface area contributed by atoms with Crippen LogP contribution >= 0.6 is 11.8 Å². The van der Waals surface area contributed by atoms with Crippen molar-refractivity contribution in [1.82, 2.24) is 25.5 Å². The van der Waals surface area contributed by atoms with Gasteiger partial charge in [0.05, 0.1) is 12.4 Å². The molecule has 45 heavy (non-hydrogen) atoms. The van der Waals surface area contributed by atoms with Crippen molar-refractivity contribution in [2.45, 2.75) is 107 Å². The average Bonchev–Trinajstić information content (AvgIpc) is 2.99. The number of aromatic nitrogens is 2. The maximum absolute atomic E-state index is 12.5. The number of piperazine rings is 1. The Balaban J connectivity index is 1.12. The number of hydrogen-bond acceptors (Lipinski definition) is 9. The number of anilines is 2. The van der Waals surface area contributed by atoms with Gasteiger partial charge in [0.25, 0.3) is 0 Å². The lowest BCUT2D eigenvalue weighted by molar-refractivity contribution is -0.116. The average molecular weight is 640 g/mol. The standard InChI is InChI=1S/C34H53N7O3S/c1-33(2,3)44-32(43)39-34(4)15-20-41(21-16-34)29-25-37-31(26-36-29)45-28-13-11-12-27(24-28)38-30(42)14-9-7-5-6-8-10-19-40-22-17-35-18-23-40/h11-13,24-26,35H,5-10,14-23H2,1-4H3,(H,38,42)(H,39,43). The summed E-state index contributed by atoms with van der Waals surface area (Å²) >= 11 is 1.52. The van der Waals surface area contributed by atoms with E-state index in [1.807, 2.05) is 51.2 Å². The fourth-order valence-electron chi connectivity index (χ4n) is 5.67. The molecule has 0 bridgehead atoms. The molecule has 3 heterocycles. The van der Waals surface area contributed by atoms with Gasteiger partial charge in [0.1, 0.15) is 16.4 Å². The second-order valence-electron chi connectivity index (χ2n) is 13.5. The Hall–Kier alpha value is -2.89. The van der Waals surface area contributed by atoms with Crippen LogP contribution < -0.4 is 20.9 Å². The Labute approximate surface area is 273 Å². The van der Waals surface area contributed by atoms with Crippen LogP contribution in [0.15, 0.2) is 46.6 Å². The summed E-state index contributed by atoms with van der Waals surface area (Å²) in [5.41, 5.74) is -0.0256. The number of piperidine rings is 1. The summed E-state index contributed by atoms with van der Waals surface area (Å²) in [4.78, 5) is 39.9. The van der Waals surface area contributed by atoms with E-state index in [0.717, 1.165) is 73.3 Å². The number of alkyl carbamates (subject to hydrolysis) is 1. The molecule has 1 aromatic heterocycles. The van der Waals surface area contributed by atoms with Crippen LogP contribution in [0.2, 0.25) is 0 Å². The van der Waals surface area contributed by atoms with Crippen LogP contribution in [-0.4, -0.2) is 83.8 Å². The molecular formula is C34H53N7O3S. The lowest BCUT2D eigenvalue weighted by atomic mass is 9.90. The summed E-state index contributed by atoms with van der Waals surface area (Å²) in [5.74, 6) is 0.897. The number of nitrogens with one attached hydrogen (secondary N) is 3. The van der Waals surface area contributed by atoms with E-state index in [9.17, 15) is 9.59 Å². The monoisotopic (exact) mass is 639 g/mol. The van der Waals surface area contributed by atoms with Crippen molar-refractivity contribution in [3.8, 4) is 0 Å². The molecule has 0 atom stereocenters. The number of benzene rings is 1. The molecule has 11 heteroatoms. The number of nitrogens with zero attached hydrogens (tertiary/aromatic N) is 4. The van der Waals surface area contributed by atoms with E-state index in [4.69, 9.17) is 4.74 Å². The molecule has 2 amide bonds. The van der Waals surface area contributed by atoms with E-state index in [1.165, 1.54) is 57.1 Å². The zero-order valence-corrected chi connectivity index (χ0v) is 28.5. The zero-order chi connectivity index (χ0) is 32.1. The smallest absolute Gasteiger partial charge is 0.408 e. The summed E-state index contributed by atoms with van der Waals surface area (Å²) in [7, 11) is 0. The normalized spacial score (nSPS) is 17.1. The van der Waals surface area contributed by atoms with Gasteiger partial charge in [0.2, 0.25) is 5.91 Å². The maximum Gasteiger partial charge on any atom is 0.408 e. The molecule has 2 fully saturated rings. The third-order valence-corrected chi connectivity index (χ3v) is 9.20. The molecule has 10 nitrogen and oxygen atoms in total. The zero-order valence-electron chi connectivity index (χ0n) is 27.7. The third-order valence-electron chi connectivity index (χ3n) is 8.29. The van der Waals surface area contributed by atoms with Gasteiger partial charge in [-0.15, -0.1) is 0 Å². The van der Waals surface area contributed by atoms with Crippen LogP contribution in [0, 0.1) is 0 Å². The fraction of sp³-hybridized carbons (Fsp3) is 0.647. The van der Waals surface area contributed by atoms with Crippen LogP contribution in [0.5, 0.6) is 0 Å². The Morgan fingerprint density at radius 1 is 0.978 bits per heavy atom. The predicted octanol–water partition coefficient (Wildman–Crippen LogP) is 6.09. The van der Waals surface area contributed by atoms with Crippen molar-refractivity contribution >= 4 is 35.3 Å². The van der Waals surface area contributed by atoms with Crippen LogP contribution in [0.3, 0.4) is 0 Å². The third kappa shape index (κ3) is 12.8. The lowest BCUT2D eigenvalue weighted by Gasteiger charge is -2.40. The van der Waals surface area contributed by atoms with Crippen molar-refractivity contribution in [3.63, 3.8) is 0 Å². The summed E-state index contributed by atoms with van der Waals surface area (Å²) in [6, 6.07) is 7.88. The van der Waals surface area contributed by atoms with Crippen molar-refractivity contribution in [3.05, 3.63) is 36.7 Å². The molecule has 2 aliphatic heterocycles. The molecule has 0 aliphatic carbocycles. The Bertz CT molecular complexity index is 1210. The SMILES string of the molecule is CC1(NC(=O)OC(C)(C)C)CCN(c2cnc(Sc3cccc(NC(=O)CCCCCCCCN4CCNCC4)c3)cn2)CC1. The van der Waals surface area contributed by atoms with Crippen molar-refractivity contribution in [2.75, 3.05) is 56.0 Å². The van der Waals surface area contributed by atoms with E-state index < -0.39 is 5.60 Å². The molecule has 248 valence electrons. The summed E-state index contributed by atoms with van der Waals surface area (Å²) < 4.78 is 5.44. The highest BCUT2D eigenvalue weighted by Crippen LogP contribution is 2.30. The maximum atomic E-state index is 12.5. The number of ether oxygens (including phenoxy) is 1. The first-order valence-electron chi connectivity index (χ1n) is 16.7. The minimum atomic E-state index is -0.518. The summed E-state index contributed by atoms with van der Waals surface area (Å²) in [5, 5.41) is 10.3. The van der Waals surface area contributed by atoms with E-state index in [-0.39, 0.29) is 17.5 Å². The second kappa shape index (κ2) is 17.1. The van der Waals surface area contributed by atoms with Crippen molar-refractivity contribution in [1.29, 1.82) is 0 Å². The van der Waals surface area contributed by atoms with Gasteiger partial charge in [-0.05, 0) is 78.1 Å². The second-order valence-corrected chi connectivity index (χ2v) is 14.6. The Kier molecular flexibility index (Phi) is 13.3. The van der Waals surface area contributed by atoms with Gasteiger partial charge < -0.3 is 30.5 Å². The predicted molar refractivity (Wildman–Crippen MR) is 182 cm³/mol. The van der Waals surface area contributed by atoms with Gasteiger partial charge in [-0.25, -0.2) is 14.8 Å². The molecule has 0 spiro atoms. The Morgan fingerprint density at radius 3 is 2.38 bits per heavy atom. The first-order chi connectivity index (χ1) is 21.6. The highest BCUT2D eigenvalue weighted by Gasteiger charge is 2.33. The van der Waals surface area contributed by atoms with Gasteiger partial charge in [-0.3, -0.25) is 4.79 Å². The number of carbonyl (C=O) groups is 2. The van der Waals surface area contributed by atoms with Crippen LogP contribution in [0.4, 0.5) is 16.3 Å². The summed E-state index contributed by atoms with van der Waals surface area (Å²) in [6.07, 6.45) is 12.4. The summed E-state index contributed by atoms with van der Waals surface area (Å²) in [6.45, 7) is 15.0. The minimum Gasteiger partial charge on any atom is -0.444 e. The first-order valence-corrected chi connectivity index (χ1v) is 17.5. The molecule has 0 radical (unpaired) electrons. The van der Waals surface area contributed by atoms with E-state index in [0.29, 0.717) is 6.42 Å². The Morgan fingerprint density at radius 2 is 1.69 bits per heavy atom. The molecule has 2 aliphatic rings. The highest BCUT2D eigenvalue weighted by atomic mass is 32.2. The first kappa shape index (κ1) is 35.0. The number of rotatable bonds is 14. The van der Waals surface area contributed by atoms with Crippen LogP contribution in [0.25, 0.3) is 0 Å². The largest absolute Gasteiger partial charge is 0.444 e. The highest BCUT2D eigenvalue weighted by molar-refractivity contribution is 7.99. The van der Waals surface area contributed by atoms with Gasteiger partial charge in [-0.2, -0.15) is 0 Å². The molecule has 1 aromatic carbocycles.